The normalized spacial score (nSPS) is 15.1. The van der Waals surface area contributed by atoms with Gasteiger partial charge >= 0.3 is 0 Å². The number of likely N-dealkylation sites (tertiary alicyclic amines) is 1. The summed E-state index contributed by atoms with van der Waals surface area (Å²) in [7, 11) is 0. The molecular weight excluding hydrogens is 378 g/mol. The molecule has 0 bridgehead atoms. The van der Waals surface area contributed by atoms with Crippen LogP contribution in [0.2, 0.25) is 0 Å². The van der Waals surface area contributed by atoms with Gasteiger partial charge in [-0.1, -0.05) is 12.1 Å². The zero-order valence-corrected chi connectivity index (χ0v) is 16.1. The van der Waals surface area contributed by atoms with Crippen LogP contribution in [0, 0.1) is 0 Å². The number of furan rings is 1. The predicted molar refractivity (Wildman–Crippen MR) is 105 cm³/mol. The number of piperidine rings is 1. The Hall–Kier alpha value is -2.71. The van der Waals surface area contributed by atoms with E-state index in [0.717, 1.165) is 28.1 Å². The number of carbonyl (C=O) groups excluding carboxylic acids is 2. The van der Waals surface area contributed by atoms with Crippen LogP contribution >= 0.6 is 11.3 Å². The number of nitrogens with one attached hydrogen (secondary N) is 1. The third kappa shape index (κ3) is 4.40. The van der Waals surface area contributed by atoms with Gasteiger partial charge in [0.05, 0.1) is 23.1 Å². The molecule has 0 aliphatic carbocycles. The smallest absolute Gasteiger partial charge is 0.289 e. The maximum absolute atomic E-state index is 12.3. The fourth-order valence-electron chi connectivity index (χ4n) is 3.27. The van der Waals surface area contributed by atoms with Crippen molar-refractivity contribution in [2.45, 2.75) is 25.5 Å². The number of amides is 2. The van der Waals surface area contributed by atoms with Crippen molar-refractivity contribution in [3.63, 3.8) is 0 Å². The van der Waals surface area contributed by atoms with Gasteiger partial charge < -0.3 is 19.4 Å². The summed E-state index contributed by atoms with van der Waals surface area (Å²) in [4.78, 5) is 30.6. The Bertz CT molecular complexity index is 912. The van der Waals surface area contributed by atoms with Crippen LogP contribution in [0.4, 0.5) is 0 Å². The van der Waals surface area contributed by atoms with Gasteiger partial charge in [-0.05, 0) is 37.1 Å². The van der Waals surface area contributed by atoms with Crippen molar-refractivity contribution in [3.05, 3.63) is 53.4 Å². The number of thiazole rings is 1. The van der Waals surface area contributed by atoms with Crippen LogP contribution in [0.25, 0.3) is 10.2 Å². The van der Waals surface area contributed by atoms with Crippen molar-refractivity contribution in [3.8, 4) is 0 Å². The topological polar surface area (TPSA) is 84.7 Å². The first kappa shape index (κ1) is 18.6. The molecule has 1 aliphatic rings. The predicted octanol–water partition coefficient (Wildman–Crippen LogP) is 2.83. The average Bonchev–Trinajstić information content (AvgIpc) is 3.37. The van der Waals surface area contributed by atoms with E-state index in [2.05, 4.69) is 10.3 Å². The minimum atomic E-state index is -0.142. The van der Waals surface area contributed by atoms with E-state index >= 15 is 0 Å². The molecule has 1 fully saturated rings. The molecule has 146 valence electrons. The Labute approximate surface area is 166 Å². The molecule has 7 nitrogen and oxygen atoms in total. The quantitative estimate of drug-likeness (QED) is 0.689. The lowest BCUT2D eigenvalue weighted by atomic mass is 10.0. The van der Waals surface area contributed by atoms with Gasteiger partial charge in [-0.25, -0.2) is 4.98 Å². The summed E-state index contributed by atoms with van der Waals surface area (Å²) in [5.41, 5.74) is 0.950. The Morgan fingerprint density at radius 3 is 2.79 bits per heavy atom. The standard InChI is InChI=1S/C20H21N3O4S/c24-18(12-26-13-19-22-15-4-1-2-6-17(15)28-19)21-14-7-9-23(10-8-14)20(25)16-5-3-11-27-16/h1-6,11,14H,7-10,12-13H2,(H,21,24). The molecule has 1 aromatic carbocycles. The number of aromatic nitrogens is 1. The highest BCUT2D eigenvalue weighted by molar-refractivity contribution is 7.18. The number of hydrogen-bond acceptors (Lipinski definition) is 6. The monoisotopic (exact) mass is 399 g/mol. The Kier molecular flexibility index (Phi) is 5.68. The second-order valence-corrected chi connectivity index (χ2v) is 7.79. The third-order valence-corrected chi connectivity index (χ3v) is 5.69. The molecule has 0 radical (unpaired) electrons. The summed E-state index contributed by atoms with van der Waals surface area (Å²) in [6.45, 7) is 1.51. The molecule has 0 unspecified atom stereocenters. The first-order chi connectivity index (χ1) is 13.7. The zero-order chi connectivity index (χ0) is 19.3. The molecule has 1 N–H and O–H groups in total. The number of ether oxygens (including phenoxy) is 1. The van der Waals surface area contributed by atoms with Gasteiger partial charge in [0.1, 0.15) is 11.6 Å². The van der Waals surface area contributed by atoms with Crippen LogP contribution in [0.15, 0.2) is 47.1 Å². The Morgan fingerprint density at radius 1 is 1.21 bits per heavy atom. The second-order valence-electron chi connectivity index (χ2n) is 6.68. The SMILES string of the molecule is O=C(COCc1nc2ccccc2s1)NC1CCN(C(=O)c2ccco2)CC1. The molecule has 4 rings (SSSR count). The van der Waals surface area contributed by atoms with Crippen molar-refractivity contribution >= 4 is 33.4 Å². The molecule has 2 aromatic heterocycles. The molecule has 8 heteroatoms. The molecule has 2 amide bonds. The van der Waals surface area contributed by atoms with Gasteiger partial charge in [-0.2, -0.15) is 0 Å². The maximum atomic E-state index is 12.3. The minimum absolute atomic E-state index is 0.00145. The average molecular weight is 399 g/mol. The summed E-state index contributed by atoms with van der Waals surface area (Å²) in [6.07, 6.45) is 2.93. The molecule has 28 heavy (non-hydrogen) atoms. The number of para-hydroxylation sites is 1. The van der Waals surface area contributed by atoms with E-state index in [-0.39, 0.29) is 24.5 Å². The number of nitrogens with zero attached hydrogens (tertiary/aromatic N) is 2. The lowest BCUT2D eigenvalue weighted by Crippen LogP contribution is -2.47. The number of fused-ring (bicyclic) bond motifs is 1. The van der Waals surface area contributed by atoms with Crippen molar-refractivity contribution in [2.24, 2.45) is 0 Å². The first-order valence-corrected chi connectivity index (χ1v) is 10.0. The maximum Gasteiger partial charge on any atom is 0.289 e. The van der Waals surface area contributed by atoms with Gasteiger partial charge in [-0.15, -0.1) is 11.3 Å². The second kappa shape index (κ2) is 8.53. The molecule has 3 heterocycles. The summed E-state index contributed by atoms with van der Waals surface area (Å²) in [6, 6.07) is 11.3. The molecule has 1 aliphatic heterocycles. The fraction of sp³-hybridized carbons (Fsp3) is 0.350. The highest BCUT2D eigenvalue weighted by Gasteiger charge is 2.25. The summed E-state index contributed by atoms with van der Waals surface area (Å²) in [5.74, 6) is 0.108. The van der Waals surface area contributed by atoms with Gasteiger partial charge in [-0.3, -0.25) is 9.59 Å². The van der Waals surface area contributed by atoms with Crippen molar-refractivity contribution in [1.82, 2.24) is 15.2 Å². The van der Waals surface area contributed by atoms with Crippen LogP contribution < -0.4 is 5.32 Å². The summed E-state index contributed by atoms with van der Waals surface area (Å²) in [5, 5.41) is 3.84. The Balaban J connectivity index is 1.18. The minimum Gasteiger partial charge on any atom is -0.459 e. The Morgan fingerprint density at radius 2 is 2.04 bits per heavy atom. The van der Waals surface area contributed by atoms with Crippen LogP contribution in [0.3, 0.4) is 0 Å². The van der Waals surface area contributed by atoms with Gasteiger partial charge in [0.25, 0.3) is 5.91 Å². The fourth-order valence-corrected chi connectivity index (χ4v) is 4.17. The highest BCUT2D eigenvalue weighted by Crippen LogP contribution is 2.22. The number of rotatable bonds is 6. The van der Waals surface area contributed by atoms with Crippen LogP contribution in [0.1, 0.15) is 28.4 Å². The molecule has 1 saturated heterocycles. The largest absolute Gasteiger partial charge is 0.459 e. The number of hydrogen-bond donors (Lipinski definition) is 1. The lowest BCUT2D eigenvalue weighted by Gasteiger charge is -2.31. The van der Waals surface area contributed by atoms with E-state index in [1.807, 2.05) is 24.3 Å². The van der Waals surface area contributed by atoms with Gasteiger partial charge in [0, 0.05) is 19.1 Å². The highest BCUT2D eigenvalue weighted by atomic mass is 32.1. The third-order valence-electron chi connectivity index (χ3n) is 4.68. The van der Waals surface area contributed by atoms with Crippen molar-refractivity contribution in [2.75, 3.05) is 19.7 Å². The van der Waals surface area contributed by atoms with Crippen LogP contribution in [-0.2, 0) is 16.1 Å². The molecule has 0 saturated carbocycles. The van der Waals surface area contributed by atoms with E-state index in [1.54, 1.807) is 28.4 Å². The van der Waals surface area contributed by atoms with Crippen LogP contribution in [-0.4, -0.2) is 47.4 Å². The van der Waals surface area contributed by atoms with E-state index in [1.165, 1.54) is 6.26 Å². The molecule has 3 aromatic rings. The molecule has 0 spiro atoms. The number of benzene rings is 1. The van der Waals surface area contributed by atoms with Crippen LogP contribution in [0.5, 0.6) is 0 Å². The van der Waals surface area contributed by atoms with E-state index in [9.17, 15) is 9.59 Å². The van der Waals surface area contributed by atoms with E-state index in [0.29, 0.717) is 25.5 Å². The van der Waals surface area contributed by atoms with Gasteiger partial charge in [0.15, 0.2) is 5.76 Å². The summed E-state index contributed by atoms with van der Waals surface area (Å²) >= 11 is 1.57. The first-order valence-electron chi connectivity index (χ1n) is 9.23. The lowest BCUT2D eigenvalue weighted by molar-refractivity contribution is -0.127. The summed E-state index contributed by atoms with van der Waals surface area (Å²) < 4.78 is 11.8. The number of carbonyl (C=O) groups is 2. The molecular formula is C20H21N3O4S. The molecule has 0 atom stereocenters. The van der Waals surface area contributed by atoms with E-state index in [4.69, 9.17) is 9.15 Å². The van der Waals surface area contributed by atoms with Gasteiger partial charge in [0.2, 0.25) is 5.91 Å². The zero-order valence-electron chi connectivity index (χ0n) is 15.3. The van der Waals surface area contributed by atoms with Crippen molar-refractivity contribution in [1.29, 1.82) is 0 Å². The van der Waals surface area contributed by atoms with E-state index < -0.39 is 0 Å². The van der Waals surface area contributed by atoms with Crippen molar-refractivity contribution < 1.29 is 18.7 Å².